The number of hydrogen-bond donors (Lipinski definition) is 3. The van der Waals surface area contributed by atoms with Gasteiger partial charge in [0, 0.05) is 18.5 Å². The van der Waals surface area contributed by atoms with E-state index in [1.807, 2.05) is 0 Å². The second-order valence-electron chi connectivity index (χ2n) is 6.53. The predicted octanol–water partition coefficient (Wildman–Crippen LogP) is 5.07. The van der Waals surface area contributed by atoms with Crippen LogP contribution in [-0.2, 0) is 23.1 Å². The third-order valence-electron chi connectivity index (χ3n) is 4.22. The number of rotatable bonds is 6. The van der Waals surface area contributed by atoms with E-state index in [1.165, 1.54) is 0 Å². The molecule has 0 unspecified atom stereocenters. The largest absolute Gasteiger partial charge is 0.508 e. The van der Waals surface area contributed by atoms with Gasteiger partial charge in [-0.3, -0.25) is 0 Å². The first-order valence-electron chi connectivity index (χ1n) is 8.33. The first kappa shape index (κ1) is 18.1. The quantitative estimate of drug-likeness (QED) is 0.531. The van der Waals surface area contributed by atoms with Gasteiger partial charge in [-0.05, 0) is 53.1 Å². The van der Waals surface area contributed by atoms with Crippen LogP contribution in [0.15, 0.2) is 72.8 Å². The van der Waals surface area contributed by atoms with E-state index in [1.54, 1.807) is 72.8 Å². The van der Waals surface area contributed by atoms with Crippen molar-refractivity contribution in [2.75, 3.05) is 0 Å². The third kappa shape index (κ3) is 4.90. The van der Waals surface area contributed by atoms with Crippen molar-refractivity contribution in [1.82, 2.24) is 0 Å². The monoisotopic (exact) mass is 368 g/mol. The van der Waals surface area contributed by atoms with Gasteiger partial charge in [-0.2, -0.15) is 0 Å². The molecule has 0 saturated carbocycles. The molecule has 26 heavy (non-hydrogen) atoms. The Kier molecular flexibility index (Phi) is 5.34. The van der Waals surface area contributed by atoms with Crippen molar-refractivity contribution in [2.24, 2.45) is 0 Å². The smallest absolute Gasteiger partial charge is 0.115 e. The third-order valence-corrected chi connectivity index (χ3v) is 7.05. The maximum Gasteiger partial charge on any atom is 0.115 e. The fourth-order valence-electron chi connectivity index (χ4n) is 2.97. The molecule has 3 aromatic rings. The van der Waals surface area contributed by atoms with Crippen LogP contribution < -0.4 is 0 Å². The molecule has 0 heterocycles. The van der Waals surface area contributed by atoms with Crippen molar-refractivity contribution < 1.29 is 19.9 Å². The second kappa shape index (κ2) is 7.67. The lowest BCUT2D eigenvalue weighted by Crippen LogP contribution is -1.98. The van der Waals surface area contributed by atoms with Crippen molar-refractivity contribution in [3.8, 4) is 17.2 Å². The number of benzene rings is 3. The lowest BCUT2D eigenvalue weighted by molar-refractivity contribution is 0.474. The van der Waals surface area contributed by atoms with Gasteiger partial charge < -0.3 is 19.9 Å². The molecule has 134 valence electrons. The Morgan fingerprint density at radius 2 is 0.731 bits per heavy atom. The lowest BCUT2D eigenvalue weighted by atomic mass is 10.2. The summed E-state index contributed by atoms with van der Waals surface area (Å²) in [7, 11) is -2.68. The molecule has 5 heteroatoms. The summed E-state index contributed by atoms with van der Waals surface area (Å²) in [5.41, 5.74) is 2.72. The minimum atomic E-state index is -2.68. The van der Waals surface area contributed by atoms with Crippen LogP contribution in [0, 0.1) is 0 Å². The van der Waals surface area contributed by atoms with Crippen molar-refractivity contribution in [2.45, 2.75) is 18.5 Å². The van der Waals surface area contributed by atoms with E-state index in [-0.39, 0.29) is 17.2 Å². The van der Waals surface area contributed by atoms with Gasteiger partial charge in [-0.25, -0.2) is 0 Å². The van der Waals surface area contributed by atoms with Crippen LogP contribution in [0.3, 0.4) is 0 Å². The van der Waals surface area contributed by atoms with Crippen LogP contribution in [0.1, 0.15) is 16.7 Å². The Hall–Kier alpha value is -2.71. The molecule has 0 radical (unpaired) electrons. The Morgan fingerprint density at radius 1 is 0.500 bits per heavy atom. The molecule has 0 atom stereocenters. The van der Waals surface area contributed by atoms with E-state index in [4.69, 9.17) is 0 Å². The number of phenolic OH excluding ortho intramolecular Hbond substituents is 3. The molecule has 0 aliphatic rings. The van der Waals surface area contributed by atoms with Gasteiger partial charge >= 0.3 is 0 Å². The highest BCUT2D eigenvalue weighted by Crippen LogP contribution is 2.55. The SMILES string of the molecule is O=P(Cc1ccc(O)cc1)(Cc1ccc(O)cc1)Cc1ccc(O)cc1. The van der Waals surface area contributed by atoms with Gasteiger partial charge in [0.15, 0.2) is 0 Å². The zero-order chi connectivity index (χ0) is 18.6. The lowest BCUT2D eigenvalue weighted by Gasteiger charge is -2.19. The topological polar surface area (TPSA) is 77.8 Å². The van der Waals surface area contributed by atoms with Crippen LogP contribution in [0.4, 0.5) is 0 Å². The summed E-state index contributed by atoms with van der Waals surface area (Å²) in [4.78, 5) is 0. The second-order valence-corrected chi connectivity index (χ2v) is 9.60. The fourth-order valence-corrected chi connectivity index (χ4v) is 5.93. The molecule has 4 nitrogen and oxygen atoms in total. The average molecular weight is 368 g/mol. The van der Waals surface area contributed by atoms with Crippen molar-refractivity contribution in [1.29, 1.82) is 0 Å². The molecular formula is C21H21O4P. The molecular weight excluding hydrogens is 347 g/mol. The van der Waals surface area contributed by atoms with Crippen LogP contribution in [0.5, 0.6) is 17.2 Å². The van der Waals surface area contributed by atoms with Crippen molar-refractivity contribution >= 4 is 7.14 Å². The van der Waals surface area contributed by atoms with Gasteiger partial charge in [0.1, 0.15) is 24.4 Å². The predicted molar refractivity (Wildman–Crippen MR) is 103 cm³/mol. The Labute approximate surface area is 152 Å². The maximum atomic E-state index is 13.8. The summed E-state index contributed by atoms with van der Waals surface area (Å²) in [5.74, 6) is 0.543. The molecule has 0 amide bonds. The molecule has 3 N–H and O–H groups in total. The molecule has 0 spiro atoms. The fraction of sp³-hybridized carbons (Fsp3) is 0.143. The normalized spacial score (nSPS) is 11.4. The summed E-state index contributed by atoms with van der Waals surface area (Å²) in [6.45, 7) is 0. The van der Waals surface area contributed by atoms with Crippen LogP contribution in [0.25, 0.3) is 0 Å². The van der Waals surface area contributed by atoms with Crippen LogP contribution in [0.2, 0.25) is 0 Å². The molecule has 0 aliphatic heterocycles. The number of hydrogen-bond acceptors (Lipinski definition) is 4. The molecule has 0 fully saturated rings. The summed E-state index contributed by atoms with van der Waals surface area (Å²) in [6.07, 6.45) is 1.24. The Morgan fingerprint density at radius 3 is 0.962 bits per heavy atom. The Balaban J connectivity index is 1.88. The van der Waals surface area contributed by atoms with Crippen molar-refractivity contribution in [3.63, 3.8) is 0 Å². The number of aromatic hydroxyl groups is 3. The van der Waals surface area contributed by atoms with Gasteiger partial charge in [0.25, 0.3) is 0 Å². The summed E-state index contributed by atoms with van der Waals surface area (Å²) >= 11 is 0. The average Bonchev–Trinajstić information content (AvgIpc) is 2.61. The molecule has 0 aromatic heterocycles. The van der Waals surface area contributed by atoms with E-state index < -0.39 is 7.14 Å². The van der Waals surface area contributed by atoms with Gasteiger partial charge in [-0.1, -0.05) is 36.4 Å². The van der Waals surface area contributed by atoms with Crippen molar-refractivity contribution in [3.05, 3.63) is 89.5 Å². The zero-order valence-electron chi connectivity index (χ0n) is 14.2. The van der Waals surface area contributed by atoms with E-state index in [0.717, 1.165) is 16.7 Å². The van der Waals surface area contributed by atoms with E-state index in [9.17, 15) is 19.9 Å². The minimum Gasteiger partial charge on any atom is -0.508 e. The van der Waals surface area contributed by atoms with Crippen LogP contribution in [-0.4, -0.2) is 15.3 Å². The number of phenols is 3. The molecule has 0 aliphatic carbocycles. The summed E-state index contributed by atoms with van der Waals surface area (Å²) in [6, 6.07) is 20.3. The first-order chi connectivity index (χ1) is 12.4. The highest BCUT2D eigenvalue weighted by atomic mass is 31.2. The van der Waals surface area contributed by atoms with Gasteiger partial charge in [0.2, 0.25) is 0 Å². The van der Waals surface area contributed by atoms with Gasteiger partial charge in [-0.15, -0.1) is 0 Å². The van der Waals surface area contributed by atoms with E-state index >= 15 is 0 Å². The highest BCUT2D eigenvalue weighted by molar-refractivity contribution is 7.61. The van der Waals surface area contributed by atoms with Crippen LogP contribution >= 0.6 is 7.14 Å². The maximum absolute atomic E-state index is 13.8. The summed E-state index contributed by atoms with van der Waals surface area (Å²) in [5, 5.41) is 28.4. The summed E-state index contributed by atoms with van der Waals surface area (Å²) < 4.78 is 13.8. The standard InChI is InChI=1S/C21H21O4P/c22-19-7-1-16(2-8-19)13-26(25,14-17-3-9-20(23)10-4-17)15-18-5-11-21(24)12-6-18/h1-12,22-24H,13-15H2. The Bertz CT molecular complexity index is 778. The van der Waals surface area contributed by atoms with E-state index in [0.29, 0.717) is 18.5 Å². The van der Waals surface area contributed by atoms with E-state index in [2.05, 4.69) is 0 Å². The molecule has 0 saturated heterocycles. The molecule has 0 bridgehead atoms. The zero-order valence-corrected chi connectivity index (χ0v) is 15.1. The molecule has 3 rings (SSSR count). The first-order valence-corrected chi connectivity index (χ1v) is 10.6. The highest BCUT2D eigenvalue weighted by Gasteiger charge is 2.24. The van der Waals surface area contributed by atoms with Gasteiger partial charge in [0.05, 0.1) is 0 Å². The minimum absolute atomic E-state index is 0.181. The molecule has 3 aromatic carbocycles.